The molecule has 4 N–H and O–H groups in total. The number of hydrogen-bond acceptors (Lipinski definition) is 5. The molecular formula is C14H13FN4O2. The molecular weight excluding hydrogens is 275 g/mol. The minimum atomic E-state index is -1.07. The van der Waals surface area contributed by atoms with Gasteiger partial charge in [0.05, 0.1) is 11.9 Å². The minimum Gasteiger partial charge on any atom is -0.407 e. The van der Waals surface area contributed by atoms with Gasteiger partial charge in [-0.05, 0) is 31.0 Å². The Kier molecular flexibility index (Phi) is 3.17. The molecule has 1 amide bonds. The monoisotopic (exact) mass is 288 g/mol. The number of benzene rings is 1. The maximum Gasteiger partial charge on any atom is 0.410 e. The standard InChI is InChI=1S/C14H13FN4O2/c15-9-5-8(3-4-11(9)21-14(17)20)12-13(16)18-6-10(19-12)7-1-2-7/h3-7H,1-2H2,(H2,16,18)(H2,17,20). The number of ether oxygens (including phenoxy) is 1. The number of aromatic nitrogens is 2. The lowest BCUT2D eigenvalue weighted by molar-refractivity contribution is 0.208. The highest BCUT2D eigenvalue weighted by Crippen LogP contribution is 2.40. The van der Waals surface area contributed by atoms with E-state index in [2.05, 4.69) is 14.7 Å². The van der Waals surface area contributed by atoms with Crippen molar-refractivity contribution in [2.75, 3.05) is 5.73 Å². The summed E-state index contributed by atoms with van der Waals surface area (Å²) in [7, 11) is 0. The number of carbonyl (C=O) groups excluding carboxylic acids is 1. The molecule has 3 rings (SSSR count). The lowest BCUT2D eigenvalue weighted by Crippen LogP contribution is -2.16. The largest absolute Gasteiger partial charge is 0.410 e. The van der Waals surface area contributed by atoms with Gasteiger partial charge in [0.25, 0.3) is 0 Å². The molecule has 0 bridgehead atoms. The van der Waals surface area contributed by atoms with E-state index in [0.717, 1.165) is 18.5 Å². The molecule has 7 heteroatoms. The van der Waals surface area contributed by atoms with Crippen LogP contribution in [0.4, 0.5) is 15.0 Å². The molecule has 1 fully saturated rings. The highest BCUT2D eigenvalue weighted by Gasteiger charge is 2.26. The molecule has 108 valence electrons. The van der Waals surface area contributed by atoms with Crippen LogP contribution in [0, 0.1) is 5.82 Å². The molecule has 21 heavy (non-hydrogen) atoms. The second-order valence-corrected chi connectivity index (χ2v) is 4.87. The zero-order valence-electron chi connectivity index (χ0n) is 11.0. The fourth-order valence-electron chi connectivity index (χ4n) is 2.04. The number of nitrogens with two attached hydrogens (primary N) is 2. The SMILES string of the molecule is NC(=O)Oc1ccc(-c2nc(C3CC3)cnc2N)cc1F. The van der Waals surface area contributed by atoms with Gasteiger partial charge in [0.15, 0.2) is 11.6 Å². The average molecular weight is 288 g/mol. The molecule has 0 aliphatic heterocycles. The third-order valence-electron chi connectivity index (χ3n) is 3.23. The highest BCUT2D eigenvalue weighted by molar-refractivity contribution is 5.72. The molecule has 0 atom stereocenters. The Bertz CT molecular complexity index is 716. The molecule has 0 unspecified atom stereocenters. The van der Waals surface area contributed by atoms with Gasteiger partial charge >= 0.3 is 6.09 Å². The van der Waals surface area contributed by atoms with E-state index in [1.54, 1.807) is 12.3 Å². The van der Waals surface area contributed by atoms with E-state index in [1.165, 1.54) is 12.1 Å². The summed E-state index contributed by atoms with van der Waals surface area (Å²) in [5, 5.41) is 0. The summed E-state index contributed by atoms with van der Waals surface area (Å²) in [6.07, 6.45) is 2.74. The third-order valence-corrected chi connectivity index (χ3v) is 3.23. The molecule has 1 heterocycles. The van der Waals surface area contributed by atoms with Crippen LogP contribution in [0.2, 0.25) is 0 Å². The smallest absolute Gasteiger partial charge is 0.407 e. The Morgan fingerprint density at radius 2 is 2.14 bits per heavy atom. The van der Waals surface area contributed by atoms with Gasteiger partial charge in [0.1, 0.15) is 11.5 Å². The fourth-order valence-corrected chi connectivity index (χ4v) is 2.04. The molecule has 1 aromatic heterocycles. The summed E-state index contributed by atoms with van der Waals surface area (Å²) in [5.74, 6) is -0.318. The normalized spacial score (nSPS) is 14.0. The number of nitrogen functional groups attached to an aromatic ring is 1. The van der Waals surface area contributed by atoms with Gasteiger partial charge in [0, 0.05) is 11.5 Å². The van der Waals surface area contributed by atoms with Crippen molar-refractivity contribution in [2.24, 2.45) is 5.73 Å². The second-order valence-electron chi connectivity index (χ2n) is 4.87. The number of hydrogen-bond donors (Lipinski definition) is 2. The van der Waals surface area contributed by atoms with E-state index in [-0.39, 0.29) is 11.6 Å². The van der Waals surface area contributed by atoms with Crippen molar-refractivity contribution in [1.82, 2.24) is 9.97 Å². The van der Waals surface area contributed by atoms with E-state index < -0.39 is 11.9 Å². The third kappa shape index (κ3) is 2.76. The van der Waals surface area contributed by atoms with Crippen molar-refractivity contribution in [3.05, 3.63) is 35.9 Å². The van der Waals surface area contributed by atoms with E-state index in [0.29, 0.717) is 17.2 Å². The maximum atomic E-state index is 13.9. The van der Waals surface area contributed by atoms with Gasteiger partial charge in [0.2, 0.25) is 0 Å². The number of anilines is 1. The maximum absolute atomic E-state index is 13.9. The van der Waals surface area contributed by atoms with Crippen LogP contribution in [0.3, 0.4) is 0 Å². The van der Waals surface area contributed by atoms with Crippen LogP contribution in [0.1, 0.15) is 24.5 Å². The summed E-state index contributed by atoms with van der Waals surface area (Å²) < 4.78 is 18.4. The highest BCUT2D eigenvalue weighted by atomic mass is 19.1. The van der Waals surface area contributed by atoms with Crippen molar-refractivity contribution in [2.45, 2.75) is 18.8 Å². The summed E-state index contributed by atoms with van der Waals surface area (Å²) in [6.45, 7) is 0. The minimum absolute atomic E-state index is 0.224. The van der Waals surface area contributed by atoms with Crippen molar-refractivity contribution in [3.8, 4) is 17.0 Å². The van der Waals surface area contributed by atoms with Crippen LogP contribution in [-0.2, 0) is 0 Å². The Morgan fingerprint density at radius 1 is 1.38 bits per heavy atom. The second kappa shape index (κ2) is 5.01. The van der Waals surface area contributed by atoms with Crippen LogP contribution in [0.25, 0.3) is 11.3 Å². The number of carbonyl (C=O) groups is 1. The number of amides is 1. The Balaban J connectivity index is 1.98. The molecule has 0 radical (unpaired) electrons. The van der Waals surface area contributed by atoms with Crippen LogP contribution in [-0.4, -0.2) is 16.1 Å². The summed E-state index contributed by atoms with van der Waals surface area (Å²) >= 11 is 0. The first-order valence-electron chi connectivity index (χ1n) is 6.44. The molecule has 0 spiro atoms. The lowest BCUT2D eigenvalue weighted by Gasteiger charge is -2.08. The quantitative estimate of drug-likeness (QED) is 0.900. The Labute approximate surface area is 120 Å². The van der Waals surface area contributed by atoms with Crippen LogP contribution in [0.15, 0.2) is 24.4 Å². The summed E-state index contributed by atoms with van der Waals surface area (Å²) in [5.41, 5.74) is 12.4. The zero-order valence-corrected chi connectivity index (χ0v) is 11.0. The predicted octanol–water partition coefficient (Wildman–Crippen LogP) is 2.20. The molecule has 0 saturated heterocycles. The van der Waals surface area contributed by atoms with Crippen molar-refractivity contribution < 1.29 is 13.9 Å². The summed E-state index contributed by atoms with van der Waals surface area (Å²) in [4.78, 5) is 19.2. The number of rotatable bonds is 3. The molecule has 2 aromatic rings. The predicted molar refractivity (Wildman–Crippen MR) is 74.0 cm³/mol. The van der Waals surface area contributed by atoms with Crippen molar-refractivity contribution in [3.63, 3.8) is 0 Å². The molecule has 1 aliphatic rings. The van der Waals surface area contributed by atoms with Gasteiger partial charge in [-0.25, -0.2) is 19.2 Å². The van der Waals surface area contributed by atoms with Gasteiger partial charge in [-0.15, -0.1) is 0 Å². The molecule has 1 aliphatic carbocycles. The van der Waals surface area contributed by atoms with E-state index >= 15 is 0 Å². The Morgan fingerprint density at radius 3 is 2.76 bits per heavy atom. The number of primary amides is 1. The van der Waals surface area contributed by atoms with Crippen molar-refractivity contribution in [1.29, 1.82) is 0 Å². The van der Waals surface area contributed by atoms with Crippen molar-refractivity contribution >= 4 is 11.9 Å². The Hall–Kier alpha value is -2.70. The van der Waals surface area contributed by atoms with Crippen LogP contribution < -0.4 is 16.2 Å². The topological polar surface area (TPSA) is 104 Å². The zero-order chi connectivity index (χ0) is 15.0. The lowest BCUT2D eigenvalue weighted by atomic mass is 10.1. The number of nitrogens with zero attached hydrogens (tertiary/aromatic N) is 2. The van der Waals surface area contributed by atoms with E-state index in [4.69, 9.17) is 11.5 Å². The van der Waals surface area contributed by atoms with E-state index in [9.17, 15) is 9.18 Å². The summed E-state index contributed by atoms with van der Waals surface area (Å²) in [6, 6.07) is 4.05. The average Bonchev–Trinajstić information content (AvgIpc) is 3.26. The van der Waals surface area contributed by atoms with Gasteiger partial charge in [-0.3, -0.25) is 0 Å². The van der Waals surface area contributed by atoms with Gasteiger partial charge < -0.3 is 16.2 Å². The van der Waals surface area contributed by atoms with Gasteiger partial charge in [-0.2, -0.15) is 0 Å². The molecule has 1 aromatic carbocycles. The molecule has 6 nitrogen and oxygen atoms in total. The van der Waals surface area contributed by atoms with Crippen LogP contribution >= 0.6 is 0 Å². The van der Waals surface area contributed by atoms with E-state index in [1.807, 2.05) is 0 Å². The fraction of sp³-hybridized carbons (Fsp3) is 0.214. The number of halogens is 1. The first-order chi connectivity index (χ1) is 10.0. The first kappa shape index (κ1) is 13.3. The van der Waals surface area contributed by atoms with Crippen LogP contribution in [0.5, 0.6) is 5.75 Å². The first-order valence-corrected chi connectivity index (χ1v) is 6.44. The molecule has 1 saturated carbocycles. The van der Waals surface area contributed by atoms with Gasteiger partial charge in [-0.1, -0.05) is 0 Å².